The summed E-state index contributed by atoms with van der Waals surface area (Å²) in [6, 6.07) is 19.7. The van der Waals surface area contributed by atoms with Crippen LogP contribution in [0, 0.1) is 10.1 Å². The maximum Gasteiger partial charge on any atom is 0.271 e. The zero-order chi connectivity index (χ0) is 24.7. The van der Waals surface area contributed by atoms with Crippen LogP contribution < -0.4 is 14.4 Å². The number of carbonyl (C=O) groups is 1. The molecule has 0 spiro atoms. The van der Waals surface area contributed by atoms with Crippen LogP contribution in [0.1, 0.15) is 24.9 Å². The third-order valence-corrected chi connectivity index (χ3v) is 7.00. The first-order chi connectivity index (χ1) is 16.3. The van der Waals surface area contributed by atoms with Gasteiger partial charge in [0.2, 0.25) is 5.91 Å². The van der Waals surface area contributed by atoms with Crippen LogP contribution in [-0.4, -0.2) is 32.9 Å². The van der Waals surface area contributed by atoms with Crippen LogP contribution in [0.3, 0.4) is 0 Å². The summed E-state index contributed by atoms with van der Waals surface area (Å²) in [5, 5.41) is 14.1. The Balaban J connectivity index is 1.92. The Kier molecular flexibility index (Phi) is 7.85. The number of ether oxygens (including phenoxy) is 1. The third-order valence-electron chi connectivity index (χ3n) is 5.21. The monoisotopic (exact) mass is 483 g/mol. The molecule has 1 atom stereocenters. The van der Waals surface area contributed by atoms with E-state index in [9.17, 15) is 23.3 Å². The van der Waals surface area contributed by atoms with Crippen molar-refractivity contribution < 1.29 is 22.9 Å². The van der Waals surface area contributed by atoms with Gasteiger partial charge >= 0.3 is 0 Å². The fourth-order valence-electron chi connectivity index (χ4n) is 3.42. The highest BCUT2D eigenvalue weighted by molar-refractivity contribution is 7.92. The van der Waals surface area contributed by atoms with Crippen LogP contribution in [0.4, 0.5) is 11.4 Å². The Labute approximate surface area is 198 Å². The van der Waals surface area contributed by atoms with E-state index in [0.717, 1.165) is 15.9 Å². The number of nitro groups is 1. The topological polar surface area (TPSA) is 119 Å². The van der Waals surface area contributed by atoms with Crippen LogP contribution in [0.5, 0.6) is 5.75 Å². The highest BCUT2D eigenvalue weighted by atomic mass is 32.2. The first-order valence-corrected chi connectivity index (χ1v) is 12.0. The molecule has 0 saturated carbocycles. The van der Waals surface area contributed by atoms with Crippen molar-refractivity contribution in [2.24, 2.45) is 0 Å². The van der Waals surface area contributed by atoms with Crippen LogP contribution in [0.2, 0.25) is 0 Å². The number of nitrogens with one attached hydrogen (secondary N) is 1. The maximum atomic E-state index is 13.4. The molecule has 0 fully saturated rings. The Hall–Kier alpha value is -3.92. The van der Waals surface area contributed by atoms with Crippen molar-refractivity contribution >= 4 is 27.3 Å². The summed E-state index contributed by atoms with van der Waals surface area (Å²) in [5.74, 6) is 0.129. The van der Waals surface area contributed by atoms with E-state index < -0.39 is 27.4 Å². The zero-order valence-corrected chi connectivity index (χ0v) is 19.6. The van der Waals surface area contributed by atoms with E-state index in [1.165, 1.54) is 30.3 Å². The smallest absolute Gasteiger partial charge is 0.271 e. The molecular weight excluding hydrogens is 458 g/mol. The second-order valence-corrected chi connectivity index (χ2v) is 9.27. The van der Waals surface area contributed by atoms with E-state index in [0.29, 0.717) is 12.2 Å². The molecule has 34 heavy (non-hydrogen) atoms. The molecular formula is C24H25N3O6S. The molecule has 0 heterocycles. The molecule has 0 saturated heterocycles. The lowest BCUT2D eigenvalue weighted by atomic mass is 10.0. The maximum absolute atomic E-state index is 13.4. The number of methoxy groups -OCH3 is 1. The number of non-ortho nitro benzene ring substituents is 1. The van der Waals surface area contributed by atoms with Gasteiger partial charge in [0.15, 0.2) is 0 Å². The number of nitro benzene ring substituents is 1. The van der Waals surface area contributed by atoms with Crippen molar-refractivity contribution in [3.8, 4) is 5.75 Å². The molecule has 10 heteroatoms. The lowest BCUT2D eigenvalue weighted by Crippen LogP contribution is -2.42. The number of sulfonamides is 1. The summed E-state index contributed by atoms with van der Waals surface area (Å²) in [7, 11) is -2.62. The molecule has 0 aliphatic rings. The molecule has 1 N–H and O–H groups in total. The number of rotatable bonds is 10. The lowest BCUT2D eigenvalue weighted by Gasteiger charge is -2.25. The van der Waals surface area contributed by atoms with E-state index in [-0.39, 0.29) is 22.3 Å². The van der Waals surface area contributed by atoms with Gasteiger partial charge in [-0.3, -0.25) is 19.2 Å². The Morgan fingerprint density at radius 3 is 2.32 bits per heavy atom. The van der Waals surface area contributed by atoms with Crippen molar-refractivity contribution in [2.45, 2.75) is 24.3 Å². The molecule has 1 unspecified atom stereocenters. The molecule has 9 nitrogen and oxygen atoms in total. The normalized spacial score (nSPS) is 11.9. The summed E-state index contributed by atoms with van der Waals surface area (Å²) in [5.41, 5.74) is 0.575. The number of carbonyl (C=O) groups excluding carboxylic acids is 1. The van der Waals surface area contributed by atoms with Crippen molar-refractivity contribution in [2.75, 3.05) is 18.0 Å². The standard InChI is InChI=1S/C24H25N3O6S/c1-3-23(18-12-14-21(33-2)15-13-18)25-24(28)17-26(19-8-7-9-20(16-19)27(29)30)34(31,32)22-10-5-4-6-11-22/h4-16,23H,3,17H2,1-2H3,(H,25,28). The minimum atomic E-state index is -4.17. The van der Waals surface area contributed by atoms with Gasteiger partial charge in [-0.2, -0.15) is 0 Å². The number of nitrogens with zero attached hydrogens (tertiary/aromatic N) is 2. The molecule has 0 aromatic heterocycles. The fourth-order valence-corrected chi connectivity index (χ4v) is 4.86. The molecule has 1 amide bonds. The van der Waals surface area contributed by atoms with Gasteiger partial charge in [0, 0.05) is 12.1 Å². The molecule has 0 bridgehead atoms. The Bertz CT molecular complexity index is 1250. The lowest BCUT2D eigenvalue weighted by molar-refractivity contribution is -0.384. The third kappa shape index (κ3) is 5.70. The predicted molar refractivity (Wildman–Crippen MR) is 128 cm³/mol. The van der Waals surface area contributed by atoms with Gasteiger partial charge in [-0.15, -0.1) is 0 Å². The minimum Gasteiger partial charge on any atom is -0.497 e. The van der Waals surface area contributed by atoms with Crippen molar-refractivity contribution in [1.29, 1.82) is 0 Å². The van der Waals surface area contributed by atoms with Gasteiger partial charge in [-0.05, 0) is 42.3 Å². The molecule has 0 aliphatic carbocycles. The quantitative estimate of drug-likeness (QED) is 0.343. The van der Waals surface area contributed by atoms with E-state index in [4.69, 9.17) is 4.74 Å². The van der Waals surface area contributed by atoms with Gasteiger partial charge in [-0.25, -0.2) is 8.42 Å². The fraction of sp³-hybridized carbons (Fsp3) is 0.208. The number of anilines is 1. The zero-order valence-electron chi connectivity index (χ0n) is 18.7. The molecule has 178 valence electrons. The van der Waals surface area contributed by atoms with Crippen LogP contribution in [0.15, 0.2) is 83.8 Å². The molecule has 3 rings (SSSR count). The van der Waals surface area contributed by atoms with E-state index in [1.54, 1.807) is 37.4 Å². The second kappa shape index (κ2) is 10.8. The van der Waals surface area contributed by atoms with Gasteiger partial charge in [0.1, 0.15) is 12.3 Å². The molecule has 3 aromatic carbocycles. The predicted octanol–water partition coefficient (Wildman–Crippen LogP) is 4.07. The van der Waals surface area contributed by atoms with Crippen LogP contribution in [-0.2, 0) is 14.8 Å². The summed E-state index contributed by atoms with van der Waals surface area (Å²) in [6.45, 7) is 1.35. The Morgan fingerprint density at radius 2 is 1.74 bits per heavy atom. The molecule has 0 radical (unpaired) electrons. The average molecular weight is 484 g/mol. The first-order valence-electron chi connectivity index (χ1n) is 10.5. The highest BCUT2D eigenvalue weighted by Gasteiger charge is 2.29. The first kappa shape index (κ1) is 24.7. The average Bonchev–Trinajstić information content (AvgIpc) is 2.86. The molecule has 0 aliphatic heterocycles. The van der Waals surface area contributed by atoms with Crippen LogP contribution >= 0.6 is 0 Å². The van der Waals surface area contributed by atoms with Crippen molar-refractivity contribution in [1.82, 2.24) is 5.32 Å². The minimum absolute atomic E-state index is 0.0192. The summed E-state index contributed by atoms with van der Waals surface area (Å²) < 4.78 is 32.9. The van der Waals surface area contributed by atoms with Gasteiger partial charge in [0.05, 0.1) is 28.7 Å². The van der Waals surface area contributed by atoms with E-state index in [2.05, 4.69) is 5.32 Å². The second-order valence-electron chi connectivity index (χ2n) is 7.40. The van der Waals surface area contributed by atoms with Gasteiger partial charge < -0.3 is 10.1 Å². The summed E-state index contributed by atoms with van der Waals surface area (Å²) in [4.78, 5) is 23.6. The van der Waals surface area contributed by atoms with Crippen LogP contribution in [0.25, 0.3) is 0 Å². The van der Waals surface area contributed by atoms with E-state index in [1.807, 2.05) is 19.1 Å². The van der Waals surface area contributed by atoms with E-state index >= 15 is 0 Å². The summed E-state index contributed by atoms with van der Waals surface area (Å²) in [6.07, 6.45) is 0.570. The van der Waals surface area contributed by atoms with Crippen molar-refractivity contribution in [3.63, 3.8) is 0 Å². The number of benzene rings is 3. The van der Waals surface area contributed by atoms with Gasteiger partial charge in [0.25, 0.3) is 15.7 Å². The summed E-state index contributed by atoms with van der Waals surface area (Å²) >= 11 is 0. The Morgan fingerprint density at radius 1 is 1.06 bits per heavy atom. The largest absolute Gasteiger partial charge is 0.497 e. The SMILES string of the molecule is CCC(NC(=O)CN(c1cccc([N+](=O)[O-])c1)S(=O)(=O)c1ccccc1)c1ccc(OC)cc1. The van der Waals surface area contributed by atoms with Gasteiger partial charge in [-0.1, -0.05) is 43.3 Å². The molecule has 3 aromatic rings. The number of amides is 1. The van der Waals surface area contributed by atoms with Crippen molar-refractivity contribution in [3.05, 3.63) is 94.5 Å². The number of hydrogen-bond acceptors (Lipinski definition) is 6. The highest BCUT2D eigenvalue weighted by Crippen LogP contribution is 2.27. The number of hydrogen-bond donors (Lipinski definition) is 1.